The van der Waals surface area contributed by atoms with Gasteiger partial charge in [0.05, 0.1) is 0 Å². The van der Waals surface area contributed by atoms with Gasteiger partial charge in [-0.15, -0.1) is 24.9 Å². The fraction of sp³-hybridized carbons (Fsp3) is 0.500. The molecule has 0 aromatic carbocycles. The van der Waals surface area contributed by atoms with Crippen molar-refractivity contribution in [1.29, 1.82) is 0 Å². The highest BCUT2D eigenvalue weighted by Crippen LogP contribution is 2.57. The normalized spacial score (nSPS) is 32.4. The summed E-state index contributed by atoms with van der Waals surface area (Å²) in [6.07, 6.45) is 11.2. The van der Waals surface area contributed by atoms with Gasteiger partial charge in [-0.2, -0.15) is 0 Å². The van der Waals surface area contributed by atoms with Gasteiger partial charge in [-0.1, -0.05) is 30.8 Å². The molecular formula is C14H18S2. The van der Waals surface area contributed by atoms with E-state index >= 15 is 0 Å². The van der Waals surface area contributed by atoms with E-state index in [0.29, 0.717) is 5.92 Å². The summed E-state index contributed by atoms with van der Waals surface area (Å²) >= 11 is 7.51. The Hall–Kier alpha value is -0.340. The summed E-state index contributed by atoms with van der Waals surface area (Å²) in [5.41, 5.74) is 0.251. The number of rotatable bonds is 5. The second-order valence-corrected chi connectivity index (χ2v) is 6.14. The van der Waals surface area contributed by atoms with Crippen LogP contribution in [0.5, 0.6) is 0 Å². The van der Waals surface area contributed by atoms with Crippen LogP contribution in [0.1, 0.15) is 25.7 Å². The first-order chi connectivity index (χ1) is 7.74. The van der Waals surface area contributed by atoms with E-state index in [1.165, 1.54) is 29.0 Å². The highest BCUT2D eigenvalue weighted by Gasteiger charge is 2.49. The summed E-state index contributed by atoms with van der Waals surface area (Å²) in [6.45, 7) is 7.68. The third-order valence-corrected chi connectivity index (χ3v) is 5.43. The minimum Gasteiger partial charge on any atom is -0.126 e. The fourth-order valence-corrected chi connectivity index (χ4v) is 4.64. The van der Waals surface area contributed by atoms with Crippen molar-refractivity contribution in [3.63, 3.8) is 0 Å². The van der Waals surface area contributed by atoms with E-state index in [-0.39, 0.29) is 5.41 Å². The van der Waals surface area contributed by atoms with Crippen molar-refractivity contribution in [2.24, 2.45) is 11.3 Å². The summed E-state index contributed by atoms with van der Waals surface area (Å²) in [5.74, 6) is 1.66. The van der Waals surface area contributed by atoms with Gasteiger partial charge in [0, 0.05) is 22.0 Å². The van der Waals surface area contributed by atoms with Crippen molar-refractivity contribution in [3.05, 3.63) is 36.3 Å². The Labute approximate surface area is 108 Å². The Morgan fingerprint density at radius 1 is 1.50 bits per heavy atom. The summed E-state index contributed by atoms with van der Waals surface area (Å²) in [6, 6.07) is 0. The first-order valence-electron chi connectivity index (χ1n) is 5.85. The third kappa shape index (κ3) is 1.82. The topological polar surface area (TPSA) is 0 Å². The lowest BCUT2D eigenvalue weighted by Gasteiger charge is -2.29. The van der Waals surface area contributed by atoms with Crippen molar-refractivity contribution in [2.75, 3.05) is 5.75 Å². The molecule has 1 saturated carbocycles. The zero-order chi connectivity index (χ0) is 11.6. The standard InChI is InChI=1S/C14H18S2/c1-3-7-14-8-5-6-11(14)12(10-13(14)15)16-9-4-2/h3-4,10-11H,1-2,5-9H2. The number of fused-ring (bicyclic) bond motifs is 1. The smallest absolute Gasteiger partial charge is 0.0231 e. The Balaban J connectivity index is 2.20. The molecule has 0 aromatic rings. The third-order valence-electron chi connectivity index (χ3n) is 3.77. The minimum absolute atomic E-state index is 0.251. The van der Waals surface area contributed by atoms with E-state index in [9.17, 15) is 0 Å². The van der Waals surface area contributed by atoms with E-state index in [4.69, 9.17) is 12.2 Å². The first kappa shape index (κ1) is 12.1. The van der Waals surface area contributed by atoms with Crippen LogP contribution in [-0.2, 0) is 0 Å². The number of allylic oxidation sites excluding steroid dienone is 3. The highest BCUT2D eigenvalue weighted by atomic mass is 32.2. The van der Waals surface area contributed by atoms with Crippen molar-refractivity contribution in [1.82, 2.24) is 0 Å². The monoisotopic (exact) mass is 250 g/mol. The van der Waals surface area contributed by atoms with Gasteiger partial charge in [0.2, 0.25) is 0 Å². The summed E-state index contributed by atoms with van der Waals surface area (Å²) in [4.78, 5) is 2.66. The van der Waals surface area contributed by atoms with Crippen molar-refractivity contribution >= 4 is 28.8 Å². The van der Waals surface area contributed by atoms with Crippen LogP contribution in [0.15, 0.2) is 36.3 Å². The lowest BCUT2D eigenvalue weighted by Crippen LogP contribution is -2.27. The van der Waals surface area contributed by atoms with Crippen LogP contribution >= 0.6 is 24.0 Å². The molecule has 2 rings (SSSR count). The first-order valence-corrected chi connectivity index (χ1v) is 7.24. The SMILES string of the molecule is C=CCSC1=CC(=S)C2(CC=C)CCCC12. The fourth-order valence-electron chi connectivity index (χ4n) is 3.06. The molecule has 16 heavy (non-hydrogen) atoms. The van der Waals surface area contributed by atoms with E-state index in [1.54, 1.807) is 0 Å². The van der Waals surface area contributed by atoms with Crippen LogP contribution in [-0.4, -0.2) is 10.6 Å². The van der Waals surface area contributed by atoms with Gasteiger partial charge in [0.15, 0.2) is 0 Å². The quantitative estimate of drug-likeness (QED) is 0.519. The molecule has 0 nitrogen and oxygen atoms in total. The largest absolute Gasteiger partial charge is 0.126 e. The molecule has 0 saturated heterocycles. The molecule has 0 spiro atoms. The van der Waals surface area contributed by atoms with Crippen molar-refractivity contribution in [2.45, 2.75) is 25.7 Å². The predicted molar refractivity (Wildman–Crippen MR) is 77.9 cm³/mol. The van der Waals surface area contributed by atoms with Gasteiger partial charge >= 0.3 is 0 Å². The van der Waals surface area contributed by atoms with Crippen LogP contribution in [0.25, 0.3) is 0 Å². The Kier molecular flexibility index (Phi) is 3.70. The van der Waals surface area contributed by atoms with Crippen LogP contribution in [0, 0.1) is 11.3 Å². The summed E-state index contributed by atoms with van der Waals surface area (Å²) in [5, 5.41) is 0. The maximum absolute atomic E-state index is 5.60. The average Bonchev–Trinajstić information content (AvgIpc) is 2.78. The van der Waals surface area contributed by atoms with Crippen molar-refractivity contribution in [3.8, 4) is 0 Å². The maximum Gasteiger partial charge on any atom is 0.0231 e. The summed E-state index contributed by atoms with van der Waals surface area (Å²) < 4.78 is 0. The molecule has 0 N–H and O–H groups in total. The Bertz CT molecular complexity index is 354. The molecule has 1 fully saturated rings. The molecular weight excluding hydrogens is 232 g/mol. The number of hydrogen-bond donors (Lipinski definition) is 0. The maximum atomic E-state index is 5.60. The zero-order valence-corrected chi connectivity index (χ0v) is 11.2. The molecule has 0 aliphatic heterocycles. The second kappa shape index (κ2) is 4.89. The van der Waals surface area contributed by atoms with Gasteiger partial charge in [-0.05, 0) is 30.2 Å². The highest BCUT2D eigenvalue weighted by molar-refractivity contribution is 8.03. The lowest BCUT2D eigenvalue weighted by molar-refractivity contribution is 0.378. The molecule has 86 valence electrons. The molecule has 2 aliphatic rings. The minimum atomic E-state index is 0.251. The van der Waals surface area contributed by atoms with E-state index in [1.807, 2.05) is 23.9 Å². The van der Waals surface area contributed by atoms with Gasteiger partial charge in [-0.3, -0.25) is 0 Å². The van der Waals surface area contributed by atoms with E-state index in [2.05, 4.69) is 19.2 Å². The average molecular weight is 250 g/mol. The van der Waals surface area contributed by atoms with Crippen LogP contribution in [0.3, 0.4) is 0 Å². The Morgan fingerprint density at radius 2 is 2.31 bits per heavy atom. The van der Waals surface area contributed by atoms with Gasteiger partial charge < -0.3 is 0 Å². The summed E-state index contributed by atoms with van der Waals surface area (Å²) in [7, 11) is 0. The Morgan fingerprint density at radius 3 is 3.00 bits per heavy atom. The van der Waals surface area contributed by atoms with Gasteiger partial charge in [0.1, 0.15) is 0 Å². The van der Waals surface area contributed by atoms with E-state index in [0.717, 1.165) is 12.2 Å². The van der Waals surface area contributed by atoms with Gasteiger partial charge in [-0.25, -0.2) is 0 Å². The molecule has 2 aliphatic carbocycles. The molecule has 0 aromatic heterocycles. The lowest BCUT2D eigenvalue weighted by atomic mass is 9.76. The van der Waals surface area contributed by atoms with Crippen LogP contribution in [0.2, 0.25) is 0 Å². The zero-order valence-electron chi connectivity index (χ0n) is 9.58. The molecule has 0 amide bonds. The van der Waals surface area contributed by atoms with Crippen LogP contribution in [0.4, 0.5) is 0 Å². The molecule has 2 heteroatoms. The second-order valence-electron chi connectivity index (χ2n) is 4.60. The van der Waals surface area contributed by atoms with E-state index < -0.39 is 0 Å². The number of thiocarbonyl (C=S) groups is 1. The predicted octanol–water partition coefficient (Wildman–Crippen LogP) is 4.54. The van der Waals surface area contributed by atoms with Crippen LogP contribution < -0.4 is 0 Å². The number of thioether (sulfide) groups is 1. The molecule has 2 unspecified atom stereocenters. The molecule has 0 radical (unpaired) electrons. The van der Waals surface area contributed by atoms with Crippen molar-refractivity contribution < 1.29 is 0 Å². The number of hydrogen-bond acceptors (Lipinski definition) is 2. The molecule has 2 atom stereocenters. The molecule has 0 heterocycles. The molecule has 0 bridgehead atoms. The van der Waals surface area contributed by atoms with Gasteiger partial charge in [0.25, 0.3) is 0 Å².